The Kier molecular flexibility index (Phi) is 5.90. The van der Waals surface area contributed by atoms with Gasteiger partial charge in [-0.3, -0.25) is 9.65 Å². The Balaban J connectivity index is 2.03. The van der Waals surface area contributed by atoms with E-state index < -0.39 is 7.29 Å². The number of hydrogen-bond donors (Lipinski definition) is 1. The third-order valence-electron chi connectivity index (χ3n) is 4.26. The Hall–Kier alpha value is -1.67. The van der Waals surface area contributed by atoms with E-state index in [1.54, 1.807) is 0 Å². The van der Waals surface area contributed by atoms with Gasteiger partial charge >= 0.3 is 0 Å². The lowest BCUT2D eigenvalue weighted by molar-refractivity contribution is 0.555. The van der Waals surface area contributed by atoms with Crippen LogP contribution in [0.25, 0.3) is 0 Å². The standard InChI is InChI=1S/C21H21BrNOP/c1-2-21(17-13-15-18(22)16-14-17)23-25(24,19-9-5-3-6-10-19)20-11-7-4-8-12-20/h3-16,21H,2H2,1H3,(H,23,24)/t21-/m0/s1. The molecule has 0 aliphatic carbocycles. The van der Waals surface area contributed by atoms with Crippen LogP contribution in [0.1, 0.15) is 24.9 Å². The Bertz CT molecular complexity index is 807. The van der Waals surface area contributed by atoms with E-state index in [0.29, 0.717) is 0 Å². The molecule has 25 heavy (non-hydrogen) atoms. The van der Waals surface area contributed by atoms with Crippen molar-refractivity contribution in [2.24, 2.45) is 0 Å². The van der Waals surface area contributed by atoms with Gasteiger partial charge in [0.05, 0.1) is 0 Å². The molecule has 4 heteroatoms. The third-order valence-corrected chi connectivity index (χ3v) is 7.51. The van der Waals surface area contributed by atoms with Gasteiger partial charge in [-0.05, 0) is 48.4 Å². The predicted octanol–water partition coefficient (Wildman–Crippen LogP) is 5.42. The highest BCUT2D eigenvalue weighted by Crippen LogP contribution is 2.42. The molecular formula is C21H21BrNOP. The van der Waals surface area contributed by atoms with Crippen molar-refractivity contribution in [3.05, 3.63) is 95.0 Å². The van der Waals surface area contributed by atoms with Gasteiger partial charge in [0, 0.05) is 21.1 Å². The summed E-state index contributed by atoms with van der Waals surface area (Å²) >= 11 is 3.48. The summed E-state index contributed by atoms with van der Waals surface area (Å²) in [6, 6.07) is 27.6. The number of rotatable bonds is 6. The van der Waals surface area contributed by atoms with Crippen LogP contribution in [0.15, 0.2) is 89.4 Å². The van der Waals surface area contributed by atoms with Crippen LogP contribution in [-0.2, 0) is 4.57 Å². The maximum Gasteiger partial charge on any atom is 0.205 e. The molecule has 1 N–H and O–H groups in total. The van der Waals surface area contributed by atoms with E-state index in [-0.39, 0.29) is 6.04 Å². The molecule has 0 spiro atoms. The molecule has 0 amide bonds. The van der Waals surface area contributed by atoms with Crippen LogP contribution in [0.3, 0.4) is 0 Å². The molecule has 3 rings (SSSR count). The van der Waals surface area contributed by atoms with Crippen molar-refractivity contribution < 1.29 is 4.57 Å². The van der Waals surface area contributed by atoms with E-state index in [1.807, 2.05) is 72.8 Å². The Morgan fingerprint density at radius 2 is 1.32 bits per heavy atom. The fourth-order valence-corrected chi connectivity index (χ4v) is 5.71. The van der Waals surface area contributed by atoms with Crippen molar-refractivity contribution in [3.63, 3.8) is 0 Å². The summed E-state index contributed by atoms with van der Waals surface area (Å²) in [7, 11) is -2.94. The summed E-state index contributed by atoms with van der Waals surface area (Å²) < 4.78 is 15.1. The number of benzene rings is 3. The van der Waals surface area contributed by atoms with E-state index in [9.17, 15) is 4.57 Å². The molecule has 0 aliphatic rings. The van der Waals surface area contributed by atoms with E-state index in [1.165, 1.54) is 0 Å². The first-order chi connectivity index (χ1) is 12.1. The van der Waals surface area contributed by atoms with Gasteiger partial charge in [0.15, 0.2) is 0 Å². The van der Waals surface area contributed by atoms with Gasteiger partial charge in [0.1, 0.15) is 0 Å². The van der Waals surface area contributed by atoms with Gasteiger partial charge in [-0.1, -0.05) is 71.4 Å². The second kappa shape index (κ2) is 8.14. The molecular weight excluding hydrogens is 393 g/mol. The molecule has 1 atom stereocenters. The molecule has 3 aromatic rings. The zero-order valence-electron chi connectivity index (χ0n) is 14.1. The molecule has 0 unspecified atom stereocenters. The lowest BCUT2D eigenvalue weighted by Gasteiger charge is -2.26. The second-order valence-corrected chi connectivity index (χ2v) is 9.35. The van der Waals surface area contributed by atoms with Crippen molar-refractivity contribution in [2.45, 2.75) is 19.4 Å². The molecule has 0 aliphatic heterocycles. The molecule has 0 heterocycles. The minimum Gasteiger partial charge on any atom is -0.297 e. The highest BCUT2D eigenvalue weighted by Gasteiger charge is 2.29. The summed E-state index contributed by atoms with van der Waals surface area (Å²) in [6.07, 6.45) is 0.852. The zero-order chi connectivity index (χ0) is 17.7. The molecule has 0 bridgehead atoms. The molecule has 2 nitrogen and oxygen atoms in total. The molecule has 0 saturated heterocycles. The second-order valence-electron chi connectivity index (χ2n) is 5.92. The van der Waals surface area contributed by atoms with Crippen LogP contribution >= 0.6 is 23.2 Å². The van der Waals surface area contributed by atoms with Gasteiger partial charge in [-0.25, -0.2) is 0 Å². The van der Waals surface area contributed by atoms with Gasteiger partial charge < -0.3 is 0 Å². The van der Waals surface area contributed by atoms with E-state index >= 15 is 0 Å². The van der Waals surface area contributed by atoms with Gasteiger partial charge in [-0.15, -0.1) is 0 Å². The fourth-order valence-electron chi connectivity index (χ4n) is 2.89. The highest BCUT2D eigenvalue weighted by atomic mass is 79.9. The monoisotopic (exact) mass is 413 g/mol. The van der Waals surface area contributed by atoms with Crippen molar-refractivity contribution in [1.82, 2.24) is 5.09 Å². The van der Waals surface area contributed by atoms with Crippen LogP contribution in [0.5, 0.6) is 0 Å². The first-order valence-corrected chi connectivity index (χ1v) is 10.9. The average molecular weight is 414 g/mol. The van der Waals surface area contributed by atoms with E-state index in [0.717, 1.165) is 27.1 Å². The lowest BCUT2D eigenvalue weighted by atomic mass is 10.1. The topological polar surface area (TPSA) is 29.1 Å². The van der Waals surface area contributed by atoms with E-state index in [4.69, 9.17) is 0 Å². The normalized spacial score (nSPS) is 12.7. The predicted molar refractivity (Wildman–Crippen MR) is 110 cm³/mol. The van der Waals surface area contributed by atoms with Crippen molar-refractivity contribution in [1.29, 1.82) is 0 Å². The Morgan fingerprint density at radius 3 is 1.76 bits per heavy atom. The molecule has 128 valence electrons. The molecule has 0 aromatic heterocycles. The first-order valence-electron chi connectivity index (χ1n) is 8.38. The number of nitrogens with one attached hydrogen (secondary N) is 1. The Labute approximate surface area is 157 Å². The van der Waals surface area contributed by atoms with Crippen molar-refractivity contribution in [2.75, 3.05) is 0 Å². The lowest BCUT2D eigenvalue weighted by Crippen LogP contribution is -2.30. The van der Waals surface area contributed by atoms with Gasteiger partial charge in [0.2, 0.25) is 7.29 Å². The maximum absolute atomic E-state index is 14.1. The van der Waals surface area contributed by atoms with Crippen molar-refractivity contribution >= 4 is 33.8 Å². The minimum atomic E-state index is -2.94. The molecule has 0 radical (unpaired) electrons. The summed E-state index contributed by atoms with van der Waals surface area (Å²) in [4.78, 5) is 0. The third kappa shape index (κ3) is 4.12. The summed E-state index contributed by atoms with van der Waals surface area (Å²) in [6.45, 7) is 2.11. The quantitative estimate of drug-likeness (QED) is 0.546. The zero-order valence-corrected chi connectivity index (χ0v) is 16.6. The van der Waals surface area contributed by atoms with Crippen LogP contribution in [0, 0.1) is 0 Å². The van der Waals surface area contributed by atoms with Crippen LogP contribution in [-0.4, -0.2) is 0 Å². The summed E-state index contributed by atoms with van der Waals surface area (Å²) in [5.74, 6) is 0. The maximum atomic E-state index is 14.1. The highest BCUT2D eigenvalue weighted by molar-refractivity contribution is 9.10. The average Bonchev–Trinajstić information content (AvgIpc) is 2.68. The summed E-state index contributed by atoms with van der Waals surface area (Å²) in [5.41, 5.74) is 1.14. The van der Waals surface area contributed by atoms with Crippen molar-refractivity contribution in [3.8, 4) is 0 Å². The molecule has 0 fully saturated rings. The number of halogens is 1. The minimum absolute atomic E-state index is 0.0133. The summed E-state index contributed by atoms with van der Waals surface area (Å²) in [5, 5.41) is 5.15. The van der Waals surface area contributed by atoms with Crippen LogP contribution in [0.2, 0.25) is 0 Å². The van der Waals surface area contributed by atoms with E-state index in [2.05, 4.69) is 40.1 Å². The SMILES string of the molecule is CC[C@H](NP(=O)(c1ccccc1)c1ccccc1)c1ccc(Br)cc1. The first kappa shape index (κ1) is 18.1. The van der Waals surface area contributed by atoms with Gasteiger partial charge in [-0.2, -0.15) is 0 Å². The fraction of sp³-hybridized carbons (Fsp3) is 0.143. The van der Waals surface area contributed by atoms with Gasteiger partial charge in [0.25, 0.3) is 0 Å². The molecule has 3 aromatic carbocycles. The van der Waals surface area contributed by atoms with Crippen LogP contribution < -0.4 is 15.7 Å². The van der Waals surface area contributed by atoms with Crippen LogP contribution in [0.4, 0.5) is 0 Å². The largest absolute Gasteiger partial charge is 0.297 e. The Morgan fingerprint density at radius 1 is 0.840 bits per heavy atom. The smallest absolute Gasteiger partial charge is 0.205 e. The number of hydrogen-bond acceptors (Lipinski definition) is 1. The molecule has 0 saturated carbocycles.